The van der Waals surface area contributed by atoms with Gasteiger partial charge in [-0.1, -0.05) is 0 Å². The van der Waals surface area contributed by atoms with Crippen molar-refractivity contribution in [1.82, 2.24) is 0 Å². The molecule has 24 heavy (non-hydrogen) atoms. The van der Waals surface area contributed by atoms with Gasteiger partial charge in [0.2, 0.25) is 11.8 Å². The lowest BCUT2D eigenvalue weighted by molar-refractivity contribution is -0.125. The van der Waals surface area contributed by atoms with E-state index in [1.54, 1.807) is 0 Å². The molecule has 0 aliphatic rings. The lowest BCUT2D eigenvalue weighted by Crippen LogP contribution is -2.17. The predicted octanol–water partition coefficient (Wildman–Crippen LogP) is 0.768. The summed E-state index contributed by atoms with van der Waals surface area (Å²) in [7, 11) is -4.60. The van der Waals surface area contributed by atoms with Gasteiger partial charge in [-0.2, -0.15) is 8.42 Å². The second-order valence-corrected chi connectivity index (χ2v) is 6.50. The van der Waals surface area contributed by atoms with E-state index >= 15 is 0 Å². The highest BCUT2D eigenvalue weighted by atomic mass is 32.2. The van der Waals surface area contributed by atoms with E-state index < -0.39 is 51.2 Å². The average molecular weight is 356 g/mol. The van der Waals surface area contributed by atoms with Gasteiger partial charge in [-0.25, -0.2) is 0 Å². The number of hydrogen-bond acceptors (Lipinski definition) is 6. The molecule has 0 aliphatic carbocycles. The summed E-state index contributed by atoms with van der Waals surface area (Å²) in [5, 5.41) is 4.57. The lowest BCUT2D eigenvalue weighted by Gasteiger charge is -2.10. The van der Waals surface area contributed by atoms with Crippen LogP contribution < -0.4 is 10.6 Å². The van der Waals surface area contributed by atoms with Gasteiger partial charge in [0.05, 0.1) is 17.7 Å². The summed E-state index contributed by atoms with van der Waals surface area (Å²) in [6.45, 7) is 2.42. The molecule has 2 amide bonds. The van der Waals surface area contributed by atoms with E-state index in [2.05, 4.69) is 10.6 Å². The van der Waals surface area contributed by atoms with E-state index in [9.17, 15) is 27.6 Å². The van der Waals surface area contributed by atoms with Crippen LogP contribution in [0.25, 0.3) is 0 Å². The van der Waals surface area contributed by atoms with Crippen molar-refractivity contribution in [2.24, 2.45) is 0 Å². The molecule has 0 aliphatic heterocycles. The summed E-state index contributed by atoms with van der Waals surface area (Å²) >= 11 is 0. The first-order valence-corrected chi connectivity index (χ1v) is 8.12. The normalized spacial score (nSPS) is 10.8. The van der Waals surface area contributed by atoms with E-state index in [0.29, 0.717) is 0 Å². The quantitative estimate of drug-likeness (QED) is 0.483. The fraction of sp³-hybridized carbons (Fsp3) is 0.286. The molecule has 0 aromatic heterocycles. The Labute approximate surface area is 138 Å². The van der Waals surface area contributed by atoms with Crippen LogP contribution in [0.1, 0.15) is 26.7 Å². The van der Waals surface area contributed by atoms with Gasteiger partial charge in [-0.3, -0.25) is 23.7 Å². The van der Waals surface area contributed by atoms with Crippen molar-refractivity contribution in [1.29, 1.82) is 0 Å². The van der Waals surface area contributed by atoms with Gasteiger partial charge in [-0.15, -0.1) is 0 Å². The van der Waals surface area contributed by atoms with Crippen LogP contribution in [-0.2, 0) is 29.3 Å². The second kappa shape index (κ2) is 7.79. The number of rotatable bonds is 7. The van der Waals surface area contributed by atoms with E-state index in [4.69, 9.17) is 4.55 Å². The Hall–Kier alpha value is -2.59. The van der Waals surface area contributed by atoms with E-state index in [1.165, 1.54) is 19.9 Å². The standard InChI is InChI=1S/C14H16N2O7S/c1-8(17)3-13(19)15-10-5-11(16-14(20)4-9(2)18)7-12(6-10)24(21,22)23/h5-7H,3-4H2,1-2H3,(H,15,19)(H,16,20)(H,21,22,23). The molecule has 3 N–H and O–H groups in total. The fourth-order valence-corrected chi connectivity index (χ4v) is 2.31. The van der Waals surface area contributed by atoms with Gasteiger partial charge in [0.15, 0.2) is 0 Å². The molecule has 9 nitrogen and oxygen atoms in total. The van der Waals surface area contributed by atoms with Crippen molar-refractivity contribution >= 4 is 44.9 Å². The third-order valence-corrected chi connectivity index (χ3v) is 3.42. The van der Waals surface area contributed by atoms with Crippen molar-refractivity contribution in [3.63, 3.8) is 0 Å². The lowest BCUT2D eigenvalue weighted by atomic mass is 10.2. The van der Waals surface area contributed by atoms with Crippen LogP contribution in [-0.4, -0.2) is 36.4 Å². The summed E-state index contributed by atoms with van der Waals surface area (Å²) in [6.07, 6.45) is -0.829. The summed E-state index contributed by atoms with van der Waals surface area (Å²) in [5.41, 5.74) is -0.0935. The number of carbonyl (C=O) groups is 4. The van der Waals surface area contributed by atoms with Crippen LogP contribution in [0.4, 0.5) is 11.4 Å². The van der Waals surface area contributed by atoms with Crippen LogP contribution in [0.5, 0.6) is 0 Å². The molecular formula is C14H16N2O7S. The molecule has 1 aromatic rings. The molecule has 0 bridgehead atoms. The van der Waals surface area contributed by atoms with E-state index in [1.807, 2.05) is 0 Å². The van der Waals surface area contributed by atoms with Crippen LogP contribution >= 0.6 is 0 Å². The molecule has 0 spiro atoms. The Balaban J connectivity index is 3.13. The number of amides is 2. The SMILES string of the molecule is CC(=O)CC(=O)Nc1cc(NC(=O)CC(C)=O)cc(S(=O)(=O)O)c1. The molecule has 130 valence electrons. The maximum absolute atomic E-state index is 11.6. The summed E-state index contributed by atoms with van der Waals surface area (Å²) in [5.74, 6) is -2.16. The zero-order valence-electron chi connectivity index (χ0n) is 13.0. The van der Waals surface area contributed by atoms with Gasteiger partial charge >= 0.3 is 0 Å². The zero-order valence-corrected chi connectivity index (χ0v) is 13.8. The van der Waals surface area contributed by atoms with Crippen molar-refractivity contribution in [3.05, 3.63) is 18.2 Å². The van der Waals surface area contributed by atoms with Gasteiger partial charge in [-0.05, 0) is 32.0 Å². The first-order chi connectivity index (χ1) is 11.0. The van der Waals surface area contributed by atoms with Crippen LogP contribution in [0, 0.1) is 0 Å². The number of nitrogens with one attached hydrogen (secondary N) is 2. The third-order valence-electron chi connectivity index (χ3n) is 2.59. The Morgan fingerprint density at radius 1 is 0.875 bits per heavy atom. The number of Topliss-reactive ketones (excluding diaryl/α,β-unsaturated/α-hetero) is 2. The van der Waals surface area contributed by atoms with Crippen LogP contribution in [0.3, 0.4) is 0 Å². The number of benzene rings is 1. The van der Waals surface area contributed by atoms with Crippen molar-refractivity contribution in [3.8, 4) is 0 Å². The molecule has 0 atom stereocenters. The third kappa shape index (κ3) is 6.67. The largest absolute Gasteiger partial charge is 0.326 e. The minimum Gasteiger partial charge on any atom is -0.326 e. The Bertz CT molecular complexity index is 751. The van der Waals surface area contributed by atoms with Gasteiger partial charge in [0, 0.05) is 11.4 Å². The van der Waals surface area contributed by atoms with Crippen LogP contribution in [0.2, 0.25) is 0 Å². The highest BCUT2D eigenvalue weighted by Crippen LogP contribution is 2.23. The highest BCUT2D eigenvalue weighted by Gasteiger charge is 2.15. The minimum absolute atomic E-state index is 0.0468. The van der Waals surface area contributed by atoms with Crippen molar-refractivity contribution in [2.75, 3.05) is 10.6 Å². The molecule has 0 fully saturated rings. The summed E-state index contributed by atoms with van der Waals surface area (Å²) < 4.78 is 31.7. The molecule has 0 saturated carbocycles. The van der Waals surface area contributed by atoms with Gasteiger partial charge in [0.1, 0.15) is 11.6 Å². The maximum atomic E-state index is 11.6. The zero-order chi connectivity index (χ0) is 18.5. The van der Waals surface area contributed by atoms with Gasteiger partial charge < -0.3 is 10.6 Å². The molecule has 0 saturated heterocycles. The number of anilines is 2. The molecular weight excluding hydrogens is 340 g/mol. The highest BCUT2D eigenvalue weighted by molar-refractivity contribution is 7.85. The average Bonchev–Trinajstić information content (AvgIpc) is 2.34. The molecule has 0 radical (unpaired) electrons. The maximum Gasteiger partial charge on any atom is 0.294 e. The van der Waals surface area contributed by atoms with Gasteiger partial charge in [0.25, 0.3) is 10.1 Å². The van der Waals surface area contributed by atoms with E-state index in [0.717, 1.165) is 12.1 Å². The summed E-state index contributed by atoms with van der Waals surface area (Å²) in [4.78, 5) is 44.4. The molecule has 0 heterocycles. The van der Waals surface area contributed by atoms with Crippen molar-refractivity contribution < 1.29 is 32.1 Å². The van der Waals surface area contributed by atoms with Crippen LogP contribution in [0.15, 0.2) is 23.1 Å². The monoisotopic (exact) mass is 356 g/mol. The first-order valence-electron chi connectivity index (χ1n) is 6.68. The number of ketones is 2. The fourth-order valence-electron chi connectivity index (χ4n) is 1.75. The molecule has 1 aromatic carbocycles. The molecule has 10 heteroatoms. The topological polar surface area (TPSA) is 147 Å². The Morgan fingerprint density at radius 2 is 1.25 bits per heavy atom. The van der Waals surface area contributed by atoms with Crippen molar-refractivity contribution in [2.45, 2.75) is 31.6 Å². The number of carbonyl (C=O) groups excluding carboxylic acids is 4. The molecule has 1 rings (SSSR count). The molecule has 0 unspecified atom stereocenters. The second-order valence-electron chi connectivity index (χ2n) is 5.08. The Kier molecular flexibility index (Phi) is 6.32. The Morgan fingerprint density at radius 3 is 1.54 bits per heavy atom. The number of hydrogen-bond donors (Lipinski definition) is 3. The minimum atomic E-state index is -4.60. The van der Waals surface area contributed by atoms with E-state index in [-0.39, 0.29) is 11.4 Å². The predicted molar refractivity (Wildman–Crippen MR) is 84.1 cm³/mol. The first kappa shape index (κ1) is 19.5. The summed E-state index contributed by atoms with van der Waals surface area (Å²) in [6, 6.07) is 3.16. The smallest absolute Gasteiger partial charge is 0.294 e.